The summed E-state index contributed by atoms with van der Waals surface area (Å²) in [7, 11) is 0. The Morgan fingerprint density at radius 3 is 2.90 bits per heavy atom. The number of hydrogen-bond acceptors (Lipinski definition) is 4. The average molecular weight is 284 g/mol. The third kappa shape index (κ3) is 2.40. The predicted octanol–water partition coefficient (Wildman–Crippen LogP) is 1.04. The van der Waals surface area contributed by atoms with Gasteiger partial charge in [0.1, 0.15) is 11.5 Å². The van der Waals surface area contributed by atoms with Gasteiger partial charge in [0.25, 0.3) is 0 Å². The van der Waals surface area contributed by atoms with Gasteiger partial charge in [-0.15, -0.1) is 0 Å². The molecule has 0 bridgehead atoms. The van der Waals surface area contributed by atoms with Gasteiger partial charge < -0.3 is 16.0 Å². The SMILES string of the molecule is N/N=C(\N)c1cn2ccnc2c(Cc2ccccc2F)n1. The molecule has 0 saturated heterocycles. The van der Waals surface area contributed by atoms with Crippen molar-refractivity contribution in [2.45, 2.75) is 6.42 Å². The number of imidazole rings is 1. The first kappa shape index (κ1) is 13.0. The minimum atomic E-state index is -0.283. The van der Waals surface area contributed by atoms with E-state index in [0.29, 0.717) is 29.0 Å². The van der Waals surface area contributed by atoms with Crippen molar-refractivity contribution in [1.82, 2.24) is 14.4 Å². The summed E-state index contributed by atoms with van der Waals surface area (Å²) < 4.78 is 15.6. The van der Waals surface area contributed by atoms with Crippen LogP contribution in [0.4, 0.5) is 4.39 Å². The topological polar surface area (TPSA) is 94.6 Å². The lowest BCUT2D eigenvalue weighted by atomic mass is 10.1. The largest absolute Gasteiger partial charge is 0.380 e. The fraction of sp³-hybridized carbons (Fsp3) is 0.0714. The molecule has 3 rings (SSSR count). The molecule has 3 aromatic rings. The van der Waals surface area contributed by atoms with Crippen molar-refractivity contribution in [2.75, 3.05) is 0 Å². The highest BCUT2D eigenvalue weighted by atomic mass is 19.1. The highest BCUT2D eigenvalue weighted by molar-refractivity contribution is 5.95. The van der Waals surface area contributed by atoms with Gasteiger partial charge in [-0.05, 0) is 11.6 Å². The van der Waals surface area contributed by atoms with E-state index < -0.39 is 0 Å². The lowest BCUT2D eigenvalue weighted by Gasteiger charge is -2.07. The summed E-state index contributed by atoms with van der Waals surface area (Å²) in [5.41, 5.74) is 7.91. The van der Waals surface area contributed by atoms with Crippen LogP contribution in [0, 0.1) is 5.82 Å². The molecule has 0 fully saturated rings. The second-order valence-electron chi connectivity index (χ2n) is 4.51. The minimum absolute atomic E-state index is 0.111. The molecule has 0 saturated carbocycles. The number of fused-ring (bicyclic) bond motifs is 1. The molecule has 0 aliphatic heterocycles. The van der Waals surface area contributed by atoms with Gasteiger partial charge in [-0.2, -0.15) is 5.10 Å². The highest BCUT2D eigenvalue weighted by Crippen LogP contribution is 2.16. The third-order valence-electron chi connectivity index (χ3n) is 3.16. The van der Waals surface area contributed by atoms with E-state index in [1.807, 2.05) is 0 Å². The van der Waals surface area contributed by atoms with Gasteiger partial charge >= 0.3 is 0 Å². The van der Waals surface area contributed by atoms with Crippen molar-refractivity contribution in [3.05, 3.63) is 65.6 Å². The van der Waals surface area contributed by atoms with Gasteiger partial charge in [0, 0.05) is 25.0 Å². The summed E-state index contributed by atoms with van der Waals surface area (Å²) in [6.07, 6.45) is 5.38. The first-order chi connectivity index (χ1) is 10.2. The first-order valence-corrected chi connectivity index (χ1v) is 6.28. The van der Waals surface area contributed by atoms with Gasteiger partial charge in [-0.25, -0.2) is 14.4 Å². The molecule has 0 aliphatic rings. The molecule has 0 aliphatic carbocycles. The lowest BCUT2D eigenvalue weighted by molar-refractivity contribution is 0.613. The molecule has 4 N–H and O–H groups in total. The van der Waals surface area contributed by atoms with Crippen molar-refractivity contribution in [3.8, 4) is 0 Å². The van der Waals surface area contributed by atoms with Crippen LogP contribution < -0.4 is 11.6 Å². The zero-order chi connectivity index (χ0) is 14.8. The van der Waals surface area contributed by atoms with Crippen molar-refractivity contribution in [2.24, 2.45) is 16.7 Å². The molecule has 2 heterocycles. The Morgan fingerprint density at radius 1 is 1.33 bits per heavy atom. The minimum Gasteiger partial charge on any atom is -0.380 e. The zero-order valence-corrected chi connectivity index (χ0v) is 11.1. The maximum Gasteiger partial charge on any atom is 0.170 e. The molecule has 0 amide bonds. The second kappa shape index (κ2) is 5.20. The standard InChI is InChI=1S/C14H13FN6/c15-10-4-2-1-3-9(10)7-11-14-18-5-6-21(14)8-12(19-11)13(16)20-17/h1-6,8H,7,17H2,(H2,16,20). The summed E-state index contributed by atoms with van der Waals surface area (Å²) in [5, 5.41) is 3.44. The zero-order valence-electron chi connectivity index (χ0n) is 11.1. The number of nitrogens with two attached hydrogens (primary N) is 2. The quantitative estimate of drug-likeness (QED) is 0.325. The van der Waals surface area contributed by atoms with Gasteiger partial charge in [0.2, 0.25) is 0 Å². The molecular formula is C14H13FN6. The third-order valence-corrected chi connectivity index (χ3v) is 3.16. The Hall–Kier alpha value is -2.96. The monoisotopic (exact) mass is 284 g/mol. The molecule has 1 aromatic carbocycles. The van der Waals surface area contributed by atoms with Crippen molar-refractivity contribution in [1.29, 1.82) is 0 Å². The van der Waals surface area contributed by atoms with Crippen molar-refractivity contribution < 1.29 is 4.39 Å². The lowest BCUT2D eigenvalue weighted by Crippen LogP contribution is -2.19. The Kier molecular flexibility index (Phi) is 3.23. The maximum absolute atomic E-state index is 13.8. The van der Waals surface area contributed by atoms with Crippen LogP contribution in [0.5, 0.6) is 0 Å². The van der Waals surface area contributed by atoms with E-state index in [9.17, 15) is 4.39 Å². The number of hydrogen-bond donors (Lipinski definition) is 2. The Balaban J connectivity index is 2.12. The first-order valence-electron chi connectivity index (χ1n) is 6.28. The van der Waals surface area contributed by atoms with Crippen molar-refractivity contribution in [3.63, 3.8) is 0 Å². The highest BCUT2D eigenvalue weighted by Gasteiger charge is 2.12. The van der Waals surface area contributed by atoms with Crippen LogP contribution >= 0.6 is 0 Å². The number of aromatic nitrogens is 3. The molecule has 2 aromatic heterocycles. The fourth-order valence-corrected chi connectivity index (χ4v) is 2.13. The number of rotatable bonds is 3. The molecule has 0 radical (unpaired) electrons. The smallest absolute Gasteiger partial charge is 0.170 e. The fourth-order valence-electron chi connectivity index (χ4n) is 2.13. The normalized spacial score (nSPS) is 12.0. The van der Waals surface area contributed by atoms with Crippen LogP contribution in [0.3, 0.4) is 0 Å². The molecular weight excluding hydrogens is 271 g/mol. The summed E-state index contributed by atoms with van der Waals surface area (Å²) in [5.74, 6) is 5.02. The van der Waals surface area contributed by atoms with E-state index in [4.69, 9.17) is 11.6 Å². The molecule has 0 atom stereocenters. The number of benzene rings is 1. The van der Waals surface area contributed by atoms with Crippen LogP contribution in [0.2, 0.25) is 0 Å². The average Bonchev–Trinajstić information content (AvgIpc) is 2.97. The van der Waals surface area contributed by atoms with Crippen molar-refractivity contribution >= 4 is 11.5 Å². The number of halogens is 1. The molecule has 0 unspecified atom stereocenters. The van der Waals surface area contributed by atoms with Crippen LogP contribution in [-0.2, 0) is 6.42 Å². The molecule has 21 heavy (non-hydrogen) atoms. The second-order valence-corrected chi connectivity index (χ2v) is 4.51. The molecule has 106 valence electrons. The number of amidine groups is 1. The van der Waals surface area contributed by atoms with Gasteiger partial charge in [-0.1, -0.05) is 18.2 Å². The van der Waals surface area contributed by atoms with Gasteiger partial charge in [-0.3, -0.25) is 0 Å². The van der Waals surface area contributed by atoms with Crippen LogP contribution in [0.1, 0.15) is 17.0 Å². The Bertz CT molecular complexity index is 823. The number of nitrogens with zero attached hydrogens (tertiary/aromatic N) is 4. The summed E-state index contributed by atoms with van der Waals surface area (Å²) in [6, 6.07) is 6.55. The molecule has 0 spiro atoms. The van der Waals surface area contributed by atoms with Gasteiger partial charge in [0.15, 0.2) is 11.5 Å². The Labute approximate surface area is 119 Å². The van der Waals surface area contributed by atoms with Crippen LogP contribution in [-0.4, -0.2) is 20.2 Å². The van der Waals surface area contributed by atoms with Gasteiger partial charge in [0.05, 0.1) is 5.69 Å². The summed E-state index contributed by atoms with van der Waals surface area (Å²) >= 11 is 0. The Morgan fingerprint density at radius 2 is 2.14 bits per heavy atom. The van der Waals surface area contributed by atoms with E-state index >= 15 is 0 Å². The van der Waals surface area contributed by atoms with Crippen LogP contribution in [0.15, 0.2) is 48.0 Å². The maximum atomic E-state index is 13.8. The molecule has 7 heteroatoms. The van der Waals surface area contributed by atoms with E-state index in [1.165, 1.54) is 6.07 Å². The summed E-state index contributed by atoms with van der Waals surface area (Å²) in [4.78, 5) is 8.63. The predicted molar refractivity (Wildman–Crippen MR) is 77.1 cm³/mol. The van der Waals surface area contributed by atoms with E-state index in [-0.39, 0.29) is 11.7 Å². The summed E-state index contributed by atoms with van der Waals surface area (Å²) in [6.45, 7) is 0. The van der Waals surface area contributed by atoms with E-state index in [1.54, 1.807) is 41.2 Å². The van der Waals surface area contributed by atoms with E-state index in [0.717, 1.165) is 0 Å². The van der Waals surface area contributed by atoms with E-state index in [2.05, 4.69) is 15.1 Å². The molecule has 6 nitrogen and oxygen atoms in total. The van der Waals surface area contributed by atoms with Crippen LogP contribution in [0.25, 0.3) is 5.65 Å². The number of hydrazone groups is 1.